The minimum absolute atomic E-state index is 0.175. The van der Waals surface area contributed by atoms with Crippen molar-refractivity contribution in [2.24, 2.45) is 0 Å². The Morgan fingerprint density at radius 2 is 1.68 bits per heavy atom. The first-order chi connectivity index (χ1) is 13.5. The van der Waals surface area contributed by atoms with Gasteiger partial charge in [0.2, 0.25) is 0 Å². The zero-order chi connectivity index (χ0) is 20.8. The number of hydrogen-bond donors (Lipinski definition) is 3. The van der Waals surface area contributed by atoms with Crippen molar-refractivity contribution in [1.82, 2.24) is 0 Å². The lowest BCUT2D eigenvalue weighted by atomic mass is 10.1. The molecule has 0 amide bonds. The van der Waals surface area contributed by atoms with Gasteiger partial charge in [0.15, 0.2) is 0 Å². The van der Waals surface area contributed by atoms with Gasteiger partial charge in [0.05, 0.1) is 18.4 Å². The van der Waals surface area contributed by atoms with E-state index in [2.05, 4.69) is 12.2 Å². The molecule has 0 spiro atoms. The fourth-order valence-corrected chi connectivity index (χ4v) is 5.42. The number of aliphatic hydroxyl groups excluding tert-OH is 1. The van der Waals surface area contributed by atoms with Gasteiger partial charge in [-0.1, -0.05) is 13.0 Å². The number of aryl methyl sites for hydroxylation is 1. The van der Waals surface area contributed by atoms with E-state index >= 15 is 0 Å². The van der Waals surface area contributed by atoms with Crippen molar-refractivity contribution in [1.29, 1.82) is 0 Å². The first-order valence-corrected chi connectivity index (χ1v) is 12.2. The Bertz CT molecular complexity index is 528. The quantitative estimate of drug-likeness (QED) is 0.217. The highest BCUT2D eigenvalue weighted by atomic mass is 28.4. The fourth-order valence-electron chi connectivity index (χ4n) is 2.84. The van der Waals surface area contributed by atoms with Crippen LogP contribution in [0, 0.1) is 0 Å². The summed E-state index contributed by atoms with van der Waals surface area (Å²) in [6.45, 7) is 10.6. The minimum Gasteiger partial charge on any atom is -0.506 e. The maximum Gasteiger partial charge on any atom is 0.501 e. The van der Waals surface area contributed by atoms with Crippen molar-refractivity contribution in [2.45, 2.75) is 52.7 Å². The first kappa shape index (κ1) is 24.9. The topological polar surface area (TPSA) is 89.4 Å². The lowest BCUT2D eigenvalue weighted by molar-refractivity contribution is 0.0379. The van der Waals surface area contributed by atoms with Gasteiger partial charge in [-0.2, -0.15) is 0 Å². The van der Waals surface area contributed by atoms with Gasteiger partial charge in [0, 0.05) is 39.0 Å². The smallest absolute Gasteiger partial charge is 0.501 e. The van der Waals surface area contributed by atoms with Gasteiger partial charge in [-0.15, -0.1) is 0 Å². The van der Waals surface area contributed by atoms with Gasteiger partial charge < -0.3 is 33.5 Å². The molecule has 1 aromatic carbocycles. The number of aromatic hydroxyl groups is 1. The molecule has 0 bridgehead atoms. The van der Waals surface area contributed by atoms with Crippen LogP contribution < -0.4 is 5.32 Å². The second kappa shape index (κ2) is 13.9. The molecule has 1 unspecified atom stereocenters. The highest BCUT2D eigenvalue weighted by molar-refractivity contribution is 6.60. The summed E-state index contributed by atoms with van der Waals surface area (Å²) in [4.78, 5) is 0. The number of nitrogens with one attached hydrogen (secondary N) is 1. The summed E-state index contributed by atoms with van der Waals surface area (Å²) < 4.78 is 23.0. The third-order valence-corrected chi connectivity index (χ3v) is 7.32. The number of phenolic OH excluding ortho intramolecular Hbond substituents is 1. The number of phenols is 1. The molecule has 1 atom stereocenters. The fraction of sp³-hybridized carbons (Fsp3) is 0.700. The molecule has 0 heterocycles. The van der Waals surface area contributed by atoms with Crippen LogP contribution in [0.25, 0.3) is 0 Å². The van der Waals surface area contributed by atoms with Crippen molar-refractivity contribution in [3.8, 4) is 5.75 Å². The number of hydrogen-bond acceptors (Lipinski definition) is 7. The van der Waals surface area contributed by atoms with E-state index in [0.29, 0.717) is 44.7 Å². The van der Waals surface area contributed by atoms with Crippen LogP contribution in [0.3, 0.4) is 0 Å². The number of ether oxygens (including phenoxy) is 1. The summed E-state index contributed by atoms with van der Waals surface area (Å²) in [6.07, 6.45) is 0.958. The number of benzene rings is 1. The van der Waals surface area contributed by atoms with Crippen molar-refractivity contribution < 1.29 is 28.2 Å². The molecule has 1 aromatic rings. The molecule has 0 radical (unpaired) electrons. The molecule has 28 heavy (non-hydrogen) atoms. The van der Waals surface area contributed by atoms with E-state index in [-0.39, 0.29) is 12.4 Å². The normalized spacial score (nSPS) is 12.9. The van der Waals surface area contributed by atoms with Crippen molar-refractivity contribution in [2.75, 3.05) is 44.9 Å². The zero-order valence-corrected chi connectivity index (χ0v) is 18.7. The molecule has 8 heteroatoms. The molecular weight excluding hydrogens is 378 g/mol. The van der Waals surface area contributed by atoms with Crippen molar-refractivity contribution in [3.05, 3.63) is 23.8 Å². The van der Waals surface area contributed by atoms with Crippen LogP contribution in [0.15, 0.2) is 18.2 Å². The monoisotopic (exact) mass is 415 g/mol. The van der Waals surface area contributed by atoms with E-state index in [0.717, 1.165) is 18.4 Å². The summed E-state index contributed by atoms with van der Waals surface area (Å²) in [5.41, 5.74) is 1.75. The maximum atomic E-state index is 10.1. The van der Waals surface area contributed by atoms with Crippen LogP contribution in [0.2, 0.25) is 6.04 Å². The molecule has 3 N–H and O–H groups in total. The Hall–Kier alpha value is -1.16. The summed E-state index contributed by atoms with van der Waals surface area (Å²) in [6, 6.07) is 6.13. The Labute approximate surface area is 170 Å². The van der Waals surface area contributed by atoms with Crippen LogP contribution in [0.4, 0.5) is 5.69 Å². The van der Waals surface area contributed by atoms with Crippen molar-refractivity contribution in [3.63, 3.8) is 0 Å². The molecule has 0 saturated heterocycles. The van der Waals surface area contributed by atoms with Crippen LogP contribution in [0.5, 0.6) is 5.75 Å². The second-order valence-electron chi connectivity index (χ2n) is 6.40. The number of aliphatic hydroxyl groups is 1. The molecule has 0 fully saturated rings. The molecular formula is C20H37NO6Si. The summed E-state index contributed by atoms with van der Waals surface area (Å²) in [7, 11) is -2.63. The lowest BCUT2D eigenvalue weighted by Crippen LogP contribution is -2.46. The van der Waals surface area contributed by atoms with E-state index < -0.39 is 14.9 Å². The first-order valence-electron chi connectivity index (χ1n) is 10.2. The molecule has 162 valence electrons. The Morgan fingerprint density at radius 3 is 2.25 bits per heavy atom. The van der Waals surface area contributed by atoms with Gasteiger partial charge in [-0.25, -0.2) is 0 Å². The van der Waals surface area contributed by atoms with Gasteiger partial charge in [-0.05, 0) is 51.3 Å². The third-order valence-electron chi connectivity index (χ3n) is 4.17. The summed E-state index contributed by atoms with van der Waals surface area (Å²) in [5, 5.41) is 23.1. The average molecular weight is 416 g/mol. The van der Waals surface area contributed by atoms with Crippen LogP contribution >= 0.6 is 0 Å². The second-order valence-corrected chi connectivity index (χ2v) is 9.13. The van der Waals surface area contributed by atoms with E-state index in [1.54, 1.807) is 6.07 Å². The van der Waals surface area contributed by atoms with Gasteiger partial charge in [-0.3, -0.25) is 0 Å². The maximum absolute atomic E-state index is 10.1. The minimum atomic E-state index is -2.63. The molecule has 0 aliphatic heterocycles. The van der Waals surface area contributed by atoms with E-state index in [9.17, 15) is 10.2 Å². The largest absolute Gasteiger partial charge is 0.506 e. The van der Waals surface area contributed by atoms with Crippen molar-refractivity contribution >= 4 is 14.5 Å². The predicted octanol–water partition coefficient (Wildman–Crippen LogP) is 3.18. The molecule has 7 nitrogen and oxygen atoms in total. The predicted molar refractivity (Wildman–Crippen MR) is 113 cm³/mol. The summed E-state index contributed by atoms with van der Waals surface area (Å²) >= 11 is 0. The molecule has 0 aliphatic carbocycles. The SMILES string of the molecule is CCO[Si](CCCOCC(O)CNc1cc(CC)ccc1O)(OCC)OCC. The molecule has 0 aromatic heterocycles. The molecule has 0 saturated carbocycles. The van der Waals surface area contributed by atoms with Gasteiger partial charge in [0.25, 0.3) is 0 Å². The van der Waals surface area contributed by atoms with Crippen LogP contribution in [-0.2, 0) is 24.4 Å². The van der Waals surface area contributed by atoms with Gasteiger partial charge in [0.1, 0.15) is 5.75 Å². The Balaban J connectivity index is 2.33. The Kier molecular flexibility index (Phi) is 12.4. The van der Waals surface area contributed by atoms with Crippen LogP contribution in [-0.4, -0.2) is 64.7 Å². The van der Waals surface area contributed by atoms with E-state index in [1.807, 2.05) is 32.9 Å². The van der Waals surface area contributed by atoms with E-state index in [4.69, 9.17) is 18.0 Å². The average Bonchev–Trinajstić information content (AvgIpc) is 2.67. The van der Waals surface area contributed by atoms with E-state index in [1.165, 1.54) is 0 Å². The zero-order valence-electron chi connectivity index (χ0n) is 17.7. The van der Waals surface area contributed by atoms with Crippen LogP contribution in [0.1, 0.15) is 39.7 Å². The molecule has 0 aliphatic rings. The van der Waals surface area contributed by atoms with Gasteiger partial charge >= 0.3 is 8.80 Å². The standard InChI is InChI=1S/C20H37NO6Si/c1-5-17-10-11-20(23)19(14-17)21-15-18(22)16-24-12-9-13-28(25-6-2,26-7-3)27-8-4/h10-11,14,18,21-23H,5-9,12-13,15-16H2,1-4H3. The number of rotatable bonds is 16. The summed E-state index contributed by atoms with van der Waals surface area (Å²) in [5.74, 6) is 0.175. The number of anilines is 1. The lowest BCUT2D eigenvalue weighted by Gasteiger charge is -2.28. The third kappa shape index (κ3) is 8.89. The highest BCUT2D eigenvalue weighted by Crippen LogP contribution is 2.24. The Morgan fingerprint density at radius 1 is 1.04 bits per heavy atom. The highest BCUT2D eigenvalue weighted by Gasteiger charge is 2.39. The molecule has 1 rings (SSSR count).